The highest BCUT2D eigenvalue weighted by Crippen LogP contribution is 2.43. The van der Waals surface area contributed by atoms with Gasteiger partial charge in [-0.05, 0) is 42.7 Å². The second-order valence-corrected chi connectivity index (χ2v) is 5.74. The number of aromatic hydroxyl groups is 1. The third-order valence-corrected chi connectivity index (χ3v) is 4.03. The highest BCUT2D eigenvalue weighted by Gasteiger charge is 2.21. The van der Waals surface area contributed by atoms with Crippen LogP contribution in [0.2, 0.25) is 0 Å². The predicted octanol–water partition coefficient (Wildman–Crippen LogP) is 3.76. The summed E-state index contributed by atoms with van der Waals surface area (Å²) in [4.78, 5) is 13.5. The summed E-state index contributed by atoms with van der Waals surface area (Å²) in [5.74, 6) is -0.659. The van der Waals surface area contributed by atoms with Crippen molar-refractivity contribution in [2.45, 2.75) is 19.8 Å². The summed E-state index contributed by atoms with van der Waals surface area (Å²) in [5.41, 5.74) is 2.34. The zero-order chi connectivity index (χ0) is 16.4. The number of phenolic OH excluding ortho intramolecular Hbond substituents is 1. The van der Waals surface area contributed by atoms with E-state index >= 15 is 0 Å². The summed E-state index contributed by atoms with van der Waals surface area (Å²) in [7, 11) is 0. The molecule has 0 radical (unpaired) electrons. The first-order valence-electron chi connectivity index (χ1n) is 7.70. The fraction of sp³-hybridized carbons (Fsp3) is 0.278. The Hall–Kier alpha value is -2.56. The van der Waals surface area contributed by atoms with Crippen molar-refractivity contribution in [2.75, 3.05) is 23.3 Å². The molecule has 23 heavy (non-hydrogen) atoms. The number of halogens is 1. The Balaban J connectivity index is 2.16. The van der Waals surface area contributed by atoms with Gasteiger partial charge in [0.2, 0.25) is 5.91 Å². The third kappa shape index (κ3) is 3.13. The summed E-state index contributed by atoms with van der Waals surface area (Å²) in [6.07, 6.45) is 2.19. The molecule has 1 aliphatic heterocycles. The number of phenols is 1. The Bertz CT molecular complexity index is 740. The molecule has 0 atom stereocenters. The van der Waals surface area contributed by atoms with Gasteiger partial charge in [-0.1, -0.05) is 12.1 Å². The van der Waals surface area contributed by atoms with E-state index in [0.717, 1.165) is 31.6 Å². The maximum Gasteiger partial charge on any atom is 0.221 e. The number of hydrogen-bond donors (Lipinski definition) is 2. The van der Waals surface area contributed by atoms with Crippen molar-refractivity contribution in [3.8, 4) is 16.9 Å². The lowest BCUT2D eigenvalue weighted by Gasteiger charge is -2.23. The minimum atomic E-state index is -0.362. The largest absolute Gasteiger partial charge is 0.505 e. The molecular formula is C18H19FN2O2. The summed E-state index contributed by atoms with van der Waals surface area (Å²) >= 11 is 0. The minimum absolute atomic E-state index is 0.0322. The zero-order valence-corrected chi connectivity index (χ0v) is 13.0. The van der Waals surface area contributed by atoms with E-state index in [-0.39, 0.29) is 17.5 Å². The molecule has 5 heteroatoms. The van der Waals surface area contributed by atoms with Crippen LogP contribution in [0.3, 0.4) is 0 Å². The van der Waals surface area contributed by atoms with Crippen molar-refractivity contribution in [3.05, 3.63) is 42.2 Å². The maximum absolute atomic E-state index is 13.6. The molecular weight excluding hydrogens is 295 g/mol. The molecule has 0 aliphatic carbocycles. The Morgan fingerprint density at radius 1 is 1.22 bits per heavy atom. The lowest BCUT2D eigenvalue weighted by atomic mass is 10.00. The van der Waals surface area contributed by atoms with E-state index in [1.54, 1.807) is 18.2 Å². The highest BCUT2D eigenvalue weighted by molar-refractivity contribution is 5.96. The molecule has 0 saturated carbocycles. The van der Waals surface area contributed by atoms with Gasteiger partial charge in [-0.2, -0.15) is 0 Å². The van der Waals surface area contributed by atoms with Crippen molar-refractivity contribution in [2.24, 2.45) is 0 Å². The summed E-state index contributed by atoms with van der Waals surface area (Å²) < 4.78 is 13.6. The average Bonchev–Trinajstić information content (AvgIpc) is 3.02. The standard InChI is InChI=1S/C18H19FN2O2/c1-12(22)20-15-7-8-16(21-9-2-3-10-21)17(18(15)23)13-5-4-6-14(19)11-13/h4-8,11,23H,2-3,9-10H2,1H3,(H,20,22). The van der Waals surface area contributed by atoms with Crippen molar-refractivity contribution in [3.63, 3.8) is 0 Å². The van der Waals surface area contributed by atoms with Gasteiger partial charge in [0, 0.05) is 31.3 Å². The average molecular weight is 314 g/mol. The normalized spacial score (nSPS) is 14.1. The smallest absolute Gasteiger partial charge is 0.221 e. The molecule has 1 saturated heterocycles. The number of rotatable bonds is 3. The Labute approximate surface area is 134 Å². The molecule has 2 aromatic rings. The topological polar surface area (TPSA) is 52.6 Å². The van der Waals surface area contributed by atoms with Crippen LogP contribution >= 0.6 is 0 Å². The number of nitrogens with zero attached hydrogens (tertiary/aromatic N) is 1. The number of nitrogens with one attached hydrogen (secondary N) is 1. The van der Waals surface area contributed by atoms with Crippen LogP contribution in [-0.4, -0.2) is 24.1 Å². The first-order chi connectivity index (χ1) is 11.1. The van der Waals surface area contributed by atoms with Gasteiger partial charge in [-0.25, -0.2) is 4.39 Å². The molecule has 4 nitrogen and oxygen atoms in total. The van der Waals surface area contributed by atoms with Crippen molar-refractivity contribution in [1.29, 1.82) is 0 Å². The van der Waals surface area contributed by atoms with Crippen LogP contribution in [0.25, 0.3) is 11.1 Å². The van der Waals surface area contributed by atoms with Crippen molar-refractivity contribution in [1.82, 2.24) is 0 Å². The maximum atomic E-state index is 13.6. The van der Waals surface area contributed by atoms with Gasteiger partial charge in [0.05, 0.1) is 5.69 Å². The molecule has 1 amide bonds. The van der Waals surface area contributed by atoms with Crippen LogP contribution in [0.15, 0.2) is 36.4 Å². The minimum Gasteiger partial charge on any atom is -0.505 e. The number of amides is 1. The van der Waals surface area contributed by atoms with Gasteiger partial charge in [0.15, 0.2) is 0 Å². The molecule has 2 N–H and O–H groups in total. The molecule has 1 fully saturated rings. The molecule has 0 aromatic heterocycles. The van der Waals surface area contributed by atoms with Crippen molar-refractivity contribution < 1.29 is 14.3 Å². The van der Waals surface area contributed by atoms with E-state index in [4.69, 9.17) is 0 Å². The van der Waals surface area contributed by atoms with Crippen LogP contribution in [0.1, 0.15) is 19.8 Å². The quantitative estimate of drug-likeness (QED) is 0.848. The second kappa shape index (κ2) is 6.28. The summed E-state index contributed by atoms with van der Waals surface area (Å²) in [5, 5.41) is 13.3. The molecule has 120 valence electrons. The molecule has 1 aliphatic rings. The highest BCUT2D eigenvalue weighted by atomic mass is 19.1. The molecule has 3 rings (SSSR count). The third-order valence-electron chi connectivity index (χ3n) is 4.03. The molecule has 0 unspecified atom stereocenters. The summed E-state index contributed by atoms with van der Waals surface area (Å²) in [6, 6.07) is 9.70. The van der Waals surface area contributed by atoms with Crippen LogP contribution in [0.5, 0.6) is 5.75 Å². The Kier molecular flexibility index (Phi) is 4.19. The van der Waals surface area contributed by atoms with E-state index in [0.29, 0.717) is 16.8 Å². The van der Waals surface area contributed by atoms with E-state index in [1.165, 1.54) is 19.1 Å². The summed E-state index contributed by atoms with van der Waals surface area (Å²) in [6.45, 7) is 3.19. The van der Waals surface area contributed by atoms with Gasteiger partial charge in [-0.15, -0.1) is 0 Å². The molecule has 0 bridgehead atoms. The molecule has 0 spiro atoms. The van der Waals surface area contributed by atoms with Gasteiger partial charge >= 0.3 is 0 Å². The van der Waals surface area contributed by atoms with Crippen LogP contribution in [0, 0.1) is 5.82 Å². The first-order valence-corrected chi connectivity index (χ1v) is 7.70. The fourth-order valence-electron chi connectivity index (χ4n) is 3.02. The number of carbonyl (C=O) groups excluding carboxylic acids is 1. The number of carbonyl (C=O) groups is 1. The Morgan fingerprint density at radius 3 is 2.61 bits per heavy atom. The first kappa shape index (κ1) is 15.3. The van der Waals surface area contributed by atoms with E-state index < -0.39 is 0 Å². The van der Waals surface area contributed by atoms with E-state index in [1.807, 2.05) is 6.07 Å². The second-order valence-electron chi connectivity index (χ2n) is 5.74. The van der Waals surface area contributed by atoms with Gasteiger partial charge in [0.1, 0.15) is 11.6 Å². The number of benzene rings is 2. The van der Waals surface area contributed by atoms with Crippen molar-refractivity contribution >= 4 is 17.3 Å². The number of hydrogen-bond acceptors (Lipinski definition) is 3. The fourth-order valence-corrected chi connectivity index (χ4v) is 3.02. The zero-order valence-electron chi connectivity index (χ0n) is 13.0. The van der Waals surface area contributed by atoms with Crippen LogP contribution in [0.4, 0.5) is 15.8 Å². The van der Waals surface area contributed by atoms with Gasteiger partial charge in [0.25, 0.3) is 0 Å². The SMILES string of the molecule is CC(=O)Nc1ccc(N2CCCC2)c(-c2cccc(F)c2)c1O. The van der Waals surface area contributed by atoms with Crippen LogP contribution < -0.4 is 10.2 Å². The van der Waals surface area contributed by atoms with Gasteiger partial charge < -0.3 is 15.3 Å². The Morgan fingerprint density at radius 2 is 1.96 bits per heavy atom. The number of anilines is 2. The van der Waals surface area contributed by atoms with E-state index in [2.05, 4.69) is 10.2 Å². The lowest BCUT2D eigenvalue weighted by molar-refractivity contribution is -0.114. The van der Waals surface area contributed by atoms with E-state index in [9.17, 15) is 14.3 Å². The lowest BCUT2D eigenvalue weighted by Crippen LogP contribution is -2.19. The molecule has 1 heterocycles. The van der Waals surface area contributed by atoms with Gasteiger partial charge in [-0.3, -0.25) is 4.79 Å². The monoisotopic (exact) mass is 314 g/mol. The van der Waals surface area contributed by atoms with Crippen LogP contribution in [-0.2, 0) is 4.79 Å². The predicted molar refractivity (Wildman–Crippen MR) is 89.3 cm³/mol. The molecule has 2 aromatic carbocycles.